The van der Waals surface area contributed by atoms with Gasteiger partial charge in [-0.05, 0) is 29.3 Å². The number of nitrogens with two attached hydrogens (primary N) is 1. The zero-order chi connectivity index (χ0) is 22.4. The summed E-state index contributed by atoms with van der Waals surface area (Å²) in [5.74, 6) is 1.07. The Morgan fingerprint density at radius 2 is 1.87 bits per heavy atom. The molecule has 31 heavy (non-hydrogen) atoms. The number of imidazole rings is 1. The summed E-state index contributed by atoms with van der Waals surface area (Å²) in [5.41, 5.74) is 6.76. The Morgan fingerprint density at radius 1 is 1.16 bits per heavy atom. The number of rotatable bonds is 8. The van der Waals surface area contributed by atoms with Crippen LogP contribution in [0.4, 0.5) is 4.79 Å². The van der Waals surface area contributed by atoms with Crippen LogP contribution in [0.1, 0.15) is 35.5 Å². The smallest absolute Gasteiger partial charge is 0.312 e. The molecule has 0 radical (unpaired) electrons. The fourth-order valence-corrected chi connectivity index (χ4v) is 3.59. The van der Waals surface area contributed by atoms with Gasteiger partial charge in [-0.3, -0.25) is 4.79 Å². The van der Waals surface area contributed by atoms with E-state index in [0.29, 0.717) is 22.2 Å². The molecule has 0 aliphatic rings. The Bertz CT molecular complexity index is 1050. The number of carbonyl (C=O) groups excluding carboxylic acids is 2. The Hall–Kier alpha value is -3.52. The van der Waals surface area contributed by atoms with E-state index in [1.165, 1.54) is 0 Å². The van der Waals surface area contributed by atoms with E-state index in [2.05, 4.69) is 15.6 Å². The van der Waals surface area contributed by atoms with Crippen molar-refractivity contribution in [2.24, 2.45) is 12.8 Å². The number of nitrogens with zero attached hydrogens (tertiary/aromatic N) is 2. The molecule has 3 aromatic rings. The van der Waals surface area contributed by atoms with Crippen molar-refractivity contribution in [3.63, 3.8) is 0 Å². The van der Waals surface area contributed by atoms with Crippen molar-refractivity contribution in [3.05, 3.63) is 82.9 Å². The highest BCUT2D eigenvalue weighted by molar-refractivity contribution is 6.31. The number of hydrogen-bond donors (Lipinski definition) is 3. The number of nitrogens with one attached hydrogen (secondary N) is 2. The van der Waals surface area contributed by atoms with Gasteiger partial charge >= 0.3 is 6.03 Å². The van der Waals surface area contributed by atoms with Gasteiger partial charge in [0.25, 0.3) is 0 Å². The van der Waals surface area contributed by atoms with Crippen LogP contribution in [-0.2, 0) is 11.8 Å². The molecule has 0 unspecified atom stereocenters. The molecule has 0 fully saturated rings. The van der Waals surface area contributed by atoms with E-state index in [9.17, 15) is 9.59 Å². The van der Waals surface area contributed by atoms with Crippen molar-refractivity contribution in [2.75, 3.05) is 7.11 Å². The fourth-order valence-electron chi connectivity index (χ4n) is 3.32. The number of ether oxygens (including phenoxy) is 1. The van der Waals surface area contributed by atoms with Crippen molar-refractivity contribution >= 4 is 23.5 Å². The number of aromatic nitrogens is 2. The minimum Gasteiger partial charge on any atom is -0.497 e. The molecule has 3 rings (SSSR count). The van der Waals surface area contributed by atoms with Gasteiger partial charge in [-0.2, -0.15) is 0 Å². The number of halogens is 1. The first-order chi connectivity index (χ1) is 14.9. The second kappa shape index (κ2) is 9.99. The molecule has 1 heterocycles. The van der Waals surface area contributed by atoms with Gasteiger partial charge in [0.1, 0.15) is 17.6 Å². The summed E-state index contributed by atoms with van der Waals surface area (Å²) in [6.45, 7) is 0. The van der Waals surface area contributed by atoms with Crippen LogP contribution >= 0.6 is 11.6 Å². The molecule has 162 valence electrons. The Kier molecular flexibility index (Phi) is 7.15. The van der Waals surface area contributed by atoms with Gasteiger partial charge in [0.15, 0.2) is 0 Å². The predicted octanol–water partition coefficient (Wildman–Crippen LogP) is 3.09. The highest BCUT2D eigenvalue weighted by atomic mass is 35.5. The third-order valence-corrected chi connectivity index (χ3v) is 5.20. The van der Waals surface area contributed by atoms with Gasteiger partial charge < -0.3 is 25.7 Å². The Balaban J connectivity index is 1.85. The third kappa shape index (κ3) is 5.55. The third-order valence-electron chi connectivity index (χ3n) is 4.86. The first kappa shape index (κ1) is 22.2. The number of urea groups is 1. The number of primary amides is 1. The molecule has 0 aliphatic carbocycles. The number of methoxy groups -OCH3 is 1. The molecular formula is C22H24ClN5O3. The average molecular weight is 442 g/mol. The fraction of sp³-hybridized carbons (Fsp3) is 0.227. The van der Waals surface area contributed by atoms with Gasteiger partial charge in [0.2, 0.25) is 5.91 Å². The zero-order valence-electron chi connectivity index (χ0n) is 17.2. The lowest BCUT2D eigenvalue weighted by Crippen LogP contribution is -2.38. The maximum atomic E-state index is 13.0. The maximum Gasteiger partial charge on any atom is 0.312 e. The molecule has 9 heteroatoms. The average Bonchev–Trinajstić information content (AvgIpc) is 3.17. The molecule has 2 aromatic carbocycles. The van der Waals surface area contributed by atoms with E-state index in [1.54, 1.807) is 43.8 Å². The predicted molar refractivity (Wildman–Crippen MR) is 118 cm³/mol. The van der Waals surface area contributed by atoms with E-state index in [0.717, 1.165) is 5.56 Å². The van der Waals surface area contributed by atoms with Gasteiger partial charge in [-0.15, -0.1) is 0 Å². The van der Waals surface area contributed by atoms with Crippen LogP contribution in [0, 0.1) is 0 Å². The molecule has 0 saturated heterocycles. The van der Waals surface area contributed by atoms with Crippen LogP contribution in [0.15, 0.2) is 60.9 Å². The monoisotopic (exact) mass is 441 g/mol. The lowest BCUT2D eigenvalue weighted by Gasteiger charge is -2.23. The standard InChI is InChI=1S/C22H24ClN5O3/c1-28-12-11-25-21(28)20(14-7-9-15(31-2)10-8-14)27-19(29)13-18(26-22(24)30)16-5-3-4-6-17(16)23/h3-12,18,20H,13H2,1-2H3,(H,27,29)(H3,24,26,30)/t18-,20-/m0/s1. The largest absolute Gasteiger partial charge is 0.497 e. The van der Waals surface area contributed by atoms with E-state index < -0.39 is 18.1 Å². The highest BCUT2D eigenvalue weighted by Gasteiger charge is 2.25. The summed E-state index contributed by atoms with van der Waals surface area (Å²) in [7, 11) is 3.44. The quantitative estimate of drug-likeness (QED) is 0.498. The minimum atomic E-state index is -0.742. The van der Waals surface area contributed by atoms with E-state index >= 15 is 0 Å². The van der Waals surface area contributed by atoms with Crippen LogP contribution < -0.4 is 21.1 Å². The van der Waals surface area contributed by atoms with Crippen molar-refractivity contribution in [1.29, 1.82) is 0 Å². The van der Waals surface area contributed by atoms with Gasteiger partial charge in [-0.25, -0.2) is 9.78 Å². The van der Waals surface area contributed by atoms with Crippen LogP contribution in [0.3, 0.4) is 0 Å². The van der Waals surface area contributed by atoms with Crippen molar-refractivity contribution in [1.82, 2.24) is 20.2 Å². The molecule has 1 aromatic heterocycles. The number of carbonyl (C=O) groups is 2. The molecule has 0 bridgehead atoms. The normalized spacial score (nSPS) is 12.6. The highest BCUT2D eigenvalue weighted by Crippen LogP contribution is 2.27. The molecule has 3 amide bonds. The summed E-state index contributed by atoms with van der Waals surface area (Å²) in [6, 6.07) is 12.4. The van der Waals surface area contributed by atoms with E-state index in [1.807, 2.05) is 35.9 Å². The first-order valence-electron chi connectivity index (χ1n) is 9.60. The first-order valence-corrected chi connectivity index (χ1v) is 9.97. The van der Waals surface area contributed by atoms with Gasteiger partial charge in [0.05, 0.1) is 19.6 Å². The Labute approximate surface area is 185 Å². The molecular weight excluding hydrogens is 418 g/mol. The SMILES string of the molecule is COc1ccc([C@H](NC(=O)C[C@H](NC(N)=O)c2ccccc2Cl)c2nccn2C)cc1. The number of hydrogen-bond acceptors (Lipinski definition) is 4. The summed E-state index contributed by atoms with van der Waals surface area (Å²) in [4.78, 5) is 28.9. The second-order valence-corrected chi connectivity index (χ2v) is 7.36. The number of aryl methyl sites for hydroxylation is 1. The molecule has 0 aliphatic heterocycles. The number of benzene rings is 2. The van der Waals surface area contributed by atoms with Gasteiger partial charge in [0, 0.05) is 24.5 Å². The van der Waals surface area contributed by atoms with Crippen LogP contribution in [-0.4, -0.2) is 28.6 Å². The summed E-state index contributed by atoms with van der Waals surface area (Å²) < 4.78 is 7.06. The molecule has 0 saturated carbocycles. The minimum absolute atomic E-state index is 0.0518. The van der Waals surface area contributed by atoms with Crippen LogP contribution in [0.2, 0.25) is 5.02 Å². The summed E-state index contributed by atoms with van der Waals surface area (Å²) in [6.07, 6.45) is 3.42. The van der Waals surface area contributed by atoms with Gasteiger partial charge in [-0.1, -0.05) is 41.9 Å². The van der Waals surface area contributed by atoms with E-state index in [-0.39, 0.29) is 12.3 Å². The van der Waals surface area contributed by atoms with Crippen molar-refractivity contribution in [3.8, 4) is 5.75 Å². The Morgan fingerprint density at radius 3 is 2.45 bits per heavy atom. The molecule has 8 nitrogen and oxygen atoms in total. The second-order valence-electron chi connectivity index (χ2n) is 6.96. The van der Waals surface area contributed by atoms with E-state index in [4.69, 9.17) is 22.1 Å². The van der Waals surface area contributed by atoms with Crippen molar-refractivity contribution < 1.29 is 14.3 Å². The molecule has 2 atom stereocenters. The molecule has 4 N–H and O–H groups in total. The zero-order valence-corrected chi connectivity index (χ0v) is 18.0. The van der Waals surface area contributed by atoms with Crippen LogP contribution in [0.25, 0.3) is 0 Å². The van der Waals surface area contributed by atoms with Crippen LogP contribution in [0.5, 0.6) is 5.75 Å². The molecule has 0 spiro atoms. The summed E-state index contributed by atoms with van der Waals surface area (Å²) >= 11 is 6.27. The lowest BCUT2D eigenvalue weighted by atomic mass is 10.0. The summed E-state index contributed by atoms with van der Waals surface area (Å²) in [5, 5.41) is 6.04. The lowest BCUT2D eigenvalue weighted by molar-refractivity contribution is -0.122. The maximum absolute atomic E-state index is 13.0. The van der Waals surface area contributed by atoms with Crippen molar-refractivity contribution in [2.45, 2.75) is 18.5 Å². The topological polar surface area (TPSA) is 111 Å². The number of amides is 3.